The molecule has 0 aliphatic carbocycles. The van der Waals surface area contributed by atoms with Gasteiger partial charge in [-0.3, -0.25) is 9.69 Å². The molecule has 5 heteroatoms. The van der Waals surface area contributed by atoms with Crippen LogP contribution in [0.15, 0.2) is 24.3 Å². The molecule has 4 aliphatic rings. The van der Waals surface area contributed by atoms with Crippen molar-refractivity contribution < 1.29 is 14.3 Å². The van der Waals surface area contributed by atoms with Gasteiger partial charge in [0.15, 0.2) is 0 Å². The van der Waals surface area contributed by atoms with Crippen LogP contribution in [0.25, 0.3) is 0 Å². The van der Waals surface area contributed by atoms with Gasteiger partial charge in [-0.2, -0.15) is 0 Å². The number of hydrogen-bond acceptors (Lipinski definition) is 4. The molecule has 4 heterocycles. The topological polar surface area (TPSA) is 42.0 Å². The number of carbonyl (C=O) groups excluding carboxylic acids is 1. The normalized spacial score (nSPS) is 31.9. The number of ether oxygens (including phenoxy) is 2. The number of rotatable bonds is 3. The summed E-state index contributed by atoms with van der Waals surface area (Å²) in [5.74, 6) is 1.64. The fraction of sp³-hybridized carbons (Fsp3) is 0.708. The third-order valence-corrected chi connectivity index (χ3v) is 7.76. The lowest BCUT2D eigenvalue weighted by molar-refractivity contribution is -0.140. The second kappa shape index (κ2) is 8.37. The van der Waals surface area contributed by atoms with Crippen molar-refractivity contribution in [3.8, 4) is 0 Å². The summed E-state index contributed by atoms with van der Waals surface area (Å²) in [4.78, 5) is 18.5. The molecule has 0 radical (unpaired) electrons. The molecule has 0 aromatic heterocycles. The summed E-state index contributed by atoms with van der Waals surface area (Å²) in [6, 6.07) is 9.58. The van der Waals surface area contributed by atoms with Crippen molar-refractivity contribution in [3.63, 3.8) is 0 Å². The fourth-order valence-electron chi connectivity index (χ4n) is 6.15. The number of benzene rings is 1. The molecule has 0 spiro atoms. The van der Waals surface area contributed by atoms with E-state index in [0.717, 1.165) is 71.7 Å². The van der Waals surface area contributed by atoms with Crippen LogP contribution >= 0.6 is 0 Å². The first-order valence-electron chi connectivity index (χ1n) is 11.5. The molecule has 0 saturated carbocycles. The van der Waals surface area contributed by atoms with Crippen molar-refractivity contribution in [2.24, 2.45) is 17.8 Å². The van der Waals surface area contributed by atoms with Crippen LogP contribution in [-0.4, -0.2) is 67.8 Å². The molecule has 1 amide bonds. The van der Waals surface area contributed by atoms with Gasteiger partial charge in [0.05, 0.1) is 6.04 Å². The van der Waals surface area contributed by atoms with Crippen molar-refractivity contribution in [2.45, 2.75) is 44.7 Å². The SMILES string of the molecule is Cc1ccccc1[C@@H]1[C@H]2CN(C3CCOCC3)C[C@H]2CN1C(=O)C1CCOCC1. The number of likely N-dealkylation sites (tertiary alicyclic amines) is 2. The minimum Gasteiger partial charge on any atom is -0.381 e. The molecular formula is C24H34N2O3. The van der Waals surface area contributed by atoms with Crippen molar-refractivity contribution in [3.05, 3.63) is 35.4 Å². The Labute approximate surface area is 174 Å². The summed E-state index contributed by atoms with van der Waals surface area (Å²) in [5.41, 5.74) is 2.67. The predicted molar refractivity (Wildman–Crippen MR) is 112 cm³/mol. The Hall–Kier alpha value is -1.43. The van der Waals surface area contributed by atoms with Gasteiger partial charge in [-0.15, -0.1) is 0 Å². The largest absolute Gasteiger partial charge is 0.381 e. The average Bonchev–Trinajstić information content (AvgIpc) is 3.33. The molecule has 0 unspecified atom stereocenters. The zero-order chi connectivity index (χ0) is 19.8. The monoisotopic (exact) mass is 398 g/mol. The second-order valence-corrected chi connectivity index (χ2v) is 9.40. The lowest BCUT2D eigenvalue weighted by atomic mass is 9.87. The quantitative estimate of drug-likeness (QED) is 0.785. The van der Waals surface area contributed by atoms with Crippen LogP contribution in [-0.2, 0) is 14.3 Å². The third-order valence-electron chi connectivity index (χ3n) is 7.76. The fourth-order valence-corrected chi connectivity index (χ4v) is 6.15. The van der Waals surface area contributed by atoms with Gasteiger partial charge in [0, 0.05) is 63.9 Å². The first-order chi connectivity index (χ1) is 14.2. The Morgan fingerprint density at radius 2 is 1.62 bits per heavy atom. The summed E-state index contributed by atoms with van der Waals surface area (Å²) in [6.07, 6.45) is 4.05. The molecule has 0 bridgehead atoms. The summed E-state index contributed by atoms with van der Waals surface area (Å²) in [6.45, 7) is 8.61. The number of amides is 1. The highest BCUT2D eigenvalue weighted by atomic mass is 16.5. The van der Waals surface area contributed by atoms with Gasteiger partial charge in [0.2, 0.25) is 5.91 Å². The molecule has 3 atom stereocenters. The average molecular weight is 399 g/mol. The van der Waals surface area contributed by atoms with E-state index in [0.29, 0.717) is 23.8 Å². The zero-order valence-electron chi connectivity index (χ0n) is 17.6. The van der Waals surface area contributed by atoms with Crippen molar-refractivity contribution in [2.75, 3.05) is 46.1 Å². The Morgan fingerprint density at radius 1 is 0.931 bits per heavy atom. The number of carbonyl (C=O) groups is 1. The van der Waals surface area contributed by atoms with Crippen LogP contribution < -0.4 is 0 Å². The summed E-state index contributed by atoms with van der Waals surface area (Å²) in [7, 11) is 0. The Balaban J connectivity index is 1.40. The first kappa shape index (κ1) is 19.5. The first-order valence-corrected chi connectivity index (χ1v) is 11.5. The summed E-state index contributed by atoms with van der Waals surface area (Å²) < 4.78 is 11.1. The zero-order valence-corrected chi connectivity index (χ0v) is 17.6. The summed E-state index contributed by atoms with van der Waals surface area (Å²) >= 11 is 0. The molecule has 29 heavy (non-hydrogen) atoms. The van der Waals surface area contributed by atoms with Gasteiger partial charge >= 0.3 is 0 Å². The molecule has 4 saturated heterocycles. The van der Waals surface area contributed by atoms with Gasteiger partial charge in [-0.25, -0.2) is 0 Å². The molecule has 158 valence electrons. The van der Waals surface area contributed by atoms with E-state index < -0.39 is 0 Å². The highest BCUT2D eigenvalue weighted by Crippen LogP contribution is 2.47. The standard InChI is InChI=1S/C24H34N2O3/c1-17-4-2-3-5-21(17)23-22-16-25(20-8-12-29-13-9-20)14-19(22)15-26(23)24(27)18-6-10-28-11-7-18/h2-5,18-20,22-23H,6-16H2,1H3/t19-,22-,23+/m0/s1. The second-order valence-electron chi connectivity index (χ2n) is 9.40. The van der Waals surface area contributed by atoms with Gasteiger partial charge in [-0.1, -0.05) is 24.3 Å². The molecule has 5 rings (SSSR count). The van der Waals surface area contributed by atoms with E-state index >= 15 is 0 Å². The smallest absolute Gasteiger partial charge is 0.226 e. The number of fused-ring (bicyclic) bond motifs is 1. The van der Waals surface area contributed by atoms with Gasteiger partial charge in [0.25, 0.3) is 0 Å². The van der Waals surface area contributed by atoms with E-state index in [1.807, 2.05) is 0 Å². The maximum absolute atomic E-state index is 13.5. The van der Waals surface area contributed by atoms with Crippen molar-refractivity contribution >= 4 is 5.91 Å². The number of hydrogen-bond donors (Lipinski definition) is 0. The highest BCUT2D eigenvalue weighted by molar-refractivity contribution is 5.80. The van der Waals surface area contributed by atoms with Crippen molar-refractivity contribution in [1.29, 1.82) is 0 Å². The van der Waals surface area contributed by atoms with Crippen LogP contribution in [0.3, 0.4) is 0 Å². The van der Waals surface area contributed by atoms with Crippen LogP contribution in [0.5, 0.6) is 0 Å². The number of nitrogens with zero attached hydrogens (tertiary/aromatic N) is 2. The Morgan fingerprint density at radius 3 is 2.34 bits per heavy atom. The van der Waals surface area contributed by atoms with Crippen LogP contribution in [0.4, 0.5) is 0 Å². The summed E-state index contributed by atoms with van der Waals surface area (Å²) in [5, 5.41) is 0. The lowest BCUT2D eigenvalue weighted by Gasteiger charge is -2.36. The lowest BCUT2D eigenvalue weighted by Crippen LogP contribution is -2.43. The van der Waals surface area contributed by atoms with Crippen LogP contribution in [0, 0.1) is 24.7 Å². The predicted octanol–water partition coefficient (Wildman–Crippen LogP) is 3.03. The van der Waals surface area contributed by atoms with Gasteiger partial charge < -0.3 is 14.4 Å². The van der Waals surface area contributed by atoms with Crippen molar-refractivity contribution in [1.82, 2.24) is 9.80 Å². The van der Waals surface area contributed by atoms with Gasteiger partial charge in [0.1, 0.15) is 0 Å². The maximum atomic E-state index is 13.5. The van der Waals surface area contributed by atoms with E-state index in [4.69, 9.17) is 9.47 Å². The molecule has 5 nitrogen and oxygen atoms in total. The molecule has 1 aromatic carbocycles. The molecule has 0 N–H and O–H groups in total. The molecule has 4 fully saturated rings. The highest BCUT2D eigenvalue weighted by Gasteiger charge is 2.51. The Bertz CT molecular complexity index is 727. The third kappa shape index (κ3) is 3.73. The maximum Gasteiger partial charge on any atom is 0.226 e. The number of aryl methyl sites for hydroxylation is 1. The minimum atomic E-state index is 0.140. The van der Waals surface area contributed by atoms with E-state index in [1.165, 1.54) is 11.1 Å². The van der Waals surface area contributed by atoms with Crippen LogP contribution in [0.1, 0.15) is 42.9 Å². The van der Waals surface area contributed by atoms with E-state index in [-0.39, 0.29) is 12.0 Å². The van der Waals surface area contributed by atoms with Gasteiger partial charge in [-0.05, 0) is 49.7 Å². The van der Waals surface area contributed by atoms with Crippen LogP contribution in [0.2, 0.25) is 0 Å². The molecule has 4 aliphatic heterocycles. The van der Waals surface area contributed by atoms with E-state index in [1.54, 1.807) is 0 Å². The van der Waals surface area contributed by atoms with E-state index in [2.05, 4.69) is 41.0 Å². The van der Waals surface area contributed by atoms with E-state index in [9.17, 15) is 4.79 Å². The molecular weight excluding hydrogens is 364 g/mol. The Kier molecular flexibility index (Phi) is 5.63. The molecule has 1 aromatic rings. The minimum absolute atomic E-state index is 0.140.